The molecule has 1 aromatic heterocycles. The number of nitrogens with zero attached hydrogens (tertiary/aromatic N) is 3. The predicted octanol–water partition coefficient (Wildman–Crippen LogP) is 3.49. The van der Waals surface area contributed by atoms with Gasteiger partial charge in [-0.3, -0.25) is 9.36 Å². The minimum absolute atomic E-state index is 0.0332. The topological polar surface area (TPSA) is 47.8 Å². The molecule has 3 rings (SSSR count). The van der Waals surface area contributed by atoms with E-state index in [4.69, 9.17) is 0 Å². The number of rotatable bonds is 3. The van der Waals surface area contributed by atoms with Crippen molar-refractivity contribution in [3.8, 4) is 5.69 Å². The standard InChI is InChI=1S/C16H19N3OS/c1-11-6-5-7-13(10-11)19-12(2)17-18-16(19)21-15-9-4-3-8-14(15)20/h5-7,10,15H,3-4,8-9H2,1-2H3/t15-/m1/s1. The number of Topliss-reactive ketones (excluding diaryl/α,β-unsaturated/α-hetero) is 1. The normalized spacial score (nSPS) is 19.0. The van der Waals surface area contributed by atoms with E-state index in [-0.39, 0.29) is 5.25 Å². The summed E-state index contributed by atoms with van der Waals surface area (Å²) in [5, 5.41) is 9.32. The van der Waals surface area contributed by atoms with E-state index in [0.29, 0.717) is 12.2 Å². The van der Waals surface area contributed by atoms with Gasteiger partial charge in [-0.05, 0) is 44.4 Å². The second kappa shape index (κ2) is 6.02. The molecule has 1 aromatic carbocycles. The Bertz CT molecular complexity index is 665. The van der Waals surface area contributed by atoms with Crippen LogP contribution >= 0.6 is 11.8 Å². The molecule has 2 aromatic rings. The zero-order valence-corrected chi connectivity index (χ0v) is 13.2. The molecule has 0 bridgehead atoms. The molecule has 0 unspecified atom stereocenters. The van der Waals surface area contributed by atoms with Crippen LogP contribution in [0.4, 0.5) is 0 Å². The van der Waals surface area contributed by atoms with Crippen molar-refractivity contribution >= 4 is 17.5 Å². The first kappa shape index (κ1) is 14.3. The van der Waals surface area contributed by atoms with E-state index < -0.39 is 0 Å². The van der Waals surface area contributed by atoms with Gasteiger partial charge in [-0.15, -0.1) is 10.2 Å². The van der Waals surface area contributed by atoms with Crippen LogP contribution in [0.3, 0.4) is 0 Å². The minimum Gasteiger partial charge on any atom is -0.298 e. The molecule has 110 valence electrons. The summed E-state index contributed by atoms with van der Waals surface area (Å²) in [4.78, 5) is 12.0. The predicted molar refractivity (Wildman–Crippen MR) is 84.0 cm³/mol. The molecule has 1 saturated carbocycles. The van der Waals surface area contributed by atoms with E-state index in [1.807, 2.05) is 17.6 Å². The molecule has 0 amide bonds. The van der Waals surface area contributed by atoms with Crippen LogP contribution in [-0.4, -0.2) is 25.8 Å². The van der Waals surface area contributed by atoms with Gasteiger partial charge in [0.15, 0.2) is 5.16 Å². The number of carbonyl (C=O) groups is 1. The molecule has 1 heterocycles. The molecule has 1 atom stereocenters. The second-order valence-corrected chi connectivity index (χ2v) is 6.69. The van der Waals surface area contributed by atoms with Gasteiger partial charge in [0, 0.05) is 12.1 Å². The third-order valence-corrected chi connectivity index (χ3v) is 5.06. The summed E-state index contributed by atoms with van der Waals surface area (Å²) >= 11 is 1.56. The first-order chi connectivity index (χ1) is 10.1. The fraction of sp³-hybridized carbons (Fsp3) is 0.438. The Hall–Kier alpha value is -1.62. The number of hydrogen-bond donors (Lipinski definition) is 0. The zero-order valence-electron chi connectivity index (χ0n) is 12.4. The Kier molecular flexibility index (Phi) is 4.10. The van der Waals surface area contributed by atoms with Crippen molar-refractivity contribution in [2.75, 3.05) is 0 Å². The van der Waals surface area contributed by atoms with Crippen molar-refractivity contribution in [3.63, 3.8) is 0 Å². The van der Waals surface area contributed by atoms with Crippen LogP contribution in [0.5, 0.6) is 0 Å². The van der Waals surface area contributed by atoms with Crippen LogP contribution in [0.2, 0.25) is 0 Å². The van der Waals surface area contributed by atoms with Crippen molar-refractivity contribution in [1.82, 2.24) is 14.8 Å². The number of aryl methyl sites for hydroxylation is 2. The summed E-state index contributed by atoms with van der Waals surface area (Å²) in [6.07, 6.45) is 3.80. The quantitative estimate of drug-likeness (QED) is 0.870. The Morgan fingerprint density at radius 3 is 2.86 bits per heavy atom. The molecular formula is C16H19N3OS. The molecule has 0 saturated heterocycles. The van der Waals surface area contributed by atoms with Gasteiger partial charge in [0.1, 0.15) is 11.6 Å². The van der Waals surface area contributed by atoms with Crippen LogP contribution in [-0.2, 0) is 4.79 Å². The van der Waals surface area contributed by atoms with Gasteiger partial charge in [-0.1, -0.05) is 30.3 Å². The maximum absolute atomic E-state index is 12.0. The average Bonchev–Trinajstić information content (AvgIpc) is 2.82. The van der Waals surface area contributed by atoms with Gasteiger partial charge in [-0.2, -0.15) is 0 Å². The summed E-state index contributed by atoms with van der Waals surface area (Å²) in [5.41, 5.74) is 2.26. The number of aromatic nitrogens is 3. The monoisotopic (exact) mass is 301 g/mol. The zero-order chi connectivity index (χ0) is 14.8. The highest BCUT2D eigenvalue weighted by Crippen LogP contribution is 2.32. The van der Waals surface area contributed by atoms with Crippen LogP contribution in [0, 0.1) is 13.8 Å². The lowest BCUT2D eigenvalue weighted by atomic mass is 9.99. The molecule has 4 nitrogen and oxygen atoms in total. The van der Waals surface area contributed by atoms with Gasteiger partial charge in [0.25, 0.3) is 0 Å². The maximum Gasteiger partial charge on any atom is 0.196 e. The summed E-state index contributed by atoms with van der Waals surface area (Å²) in [6.45, 7) is 4.02. The third kappa shape index (κ3) is 3.02. The Morgan fingerprint density at radius 2 is 2.10 bits per heavy atom. The van der Waals surface area contributed by atoms with E-state index in [1.165, 1.54) is 5.56 Å². The SMILES string of the molecule is Cc1cccc(-n2c(C)nnc2S[C@@H]2CCCCC2=O)c1. The molecule has 21 heavy (non-hydrogen) atoms. The Balaban J connectivity index is 1.92. The van der Waals surface area contributed by atoms with Crippen LogP contribution in [0.15, 0.2) is 29.4 Å². The number of carbonyl (C=O) groups excluding carboxylic acids is 1. The summed E-state index contributed by atoms with van der Waals surface area (Å²) in [5.74, 6) is 1.20. The van der Waals surface area contributed by atoms with Gasteiger partial charge < -0.3 is 0 Å². The van der Waals surface area contributed by atoms with Crippen molar-refractivity contribution in [1.29, 1.82) is 0 Å². The van der Waals surface area contributed by atoms with E-state index in [1.54, 1.807) is 11.8 Å². The molecule has 0 N–H and O–H groups in total. The molecular weight excluding hydrogens is 282 g/mol. The lowest BCUT2D eigenvalue weighted by Crippen LogP contribution is -2.21. The molecule has 1 fully saturated rings. The second-order valence-electron chi connectivity index (χ2n) is 5.52. The highest BCUT2D eigenvalue weighted by molar-refractivity contribution is 8.00. The molecule has 0 spiro atoms. The summed E-state index contributed by atoms with van der Waals surface area (Å²) in [7, 11) is 0. The lowest BCUT2D eigenvalue weighted by molar-refractivity contribution is -0.119. The summed E-state index contributed by atoms with van der Waals surface area (Å²) < 4.78 is 2.04. The van der Waals surface area contributed by atoms with Crippen molar-refractivity contribution in [2.45, 2.75) is 49.9 Å². The Labute approximate surface area is 129 Å². The first-order valence-electron chi connectivity index (χ1n) is 7.33. The lowest BCUT2D eigenvalue weighted by Gasteiger charge is -2.19. The third-order valence-electron chi connectivity index (χ3n) is 3.80. The summed E-state index contributed by atoms with van der Waals surface area (Å²) in [6, 6.07) is 8.27. The van der Waals surface area contributed by atoms with Crippen molar-refractivity contribution in [2.24, 2.45) is 0 Å². The first-order valence-corrected chi connectivity index (χ1v) is 8.21. The highest BCUT2D eigenvalue weighted by Gasteiger charge is 2.26. The number of benzene rings is 1. The van der Waals surface area contributed by atoms with E-state index >= 15 is 0 Å². The van der Waals surface area contributed by atoms with E-state index in [9.17, 15) is 4.79 Å². The maximum atomic E-state index is 12.0. The highest BCUT2D eigenvalue weighted by atomic mass is 32.2. The fourth-order valence-corrected chi connectivity index (χ4v) is 3.91. The van der Waals surface area contributed by atoms with Gasteiger partial charge in [0.05, 0.1) is 5.25 Å². The molecule has 0 aliphatic heterocycles. The van der Waals surface area contributed by atoms with Gasteiger partial charge in [0.2, 0.25) is 0 Å². The number of thioether (sulfide) groups is 1. The molecule has 0 radical (unpaired) electrons. The van der Waals surface area contributed by atoms with Crippen molar-refractivity contribution in [3.05, 3.63) is 35.7 Å². The average molecular weight is 301 g/mol. The molecule has 5 heteroatoms. The number of ketones is 1. The van der Waals surface area contributed by atoms with E-state index in [0.717, 1.165) is 35.9 Å². The van der Waals surface area contributed by atoms with Crippen LogP contribution in [0.1, 0.15) is 37.1 Å². The van der Waals surface area contributed by atoms with Crippen LogP contribution < -0.4 is 0 Å². The number of hydrogen-bond acceptors (Lipinski definition) is 4. The largest absolute Gasteiger partial charge is 0.298 e. The molecule has 1 aliphatic carbocycles. The minimum atomic E-state index is 0.0332. The molecule has 1 aliphatic rings. The fourth-order valence-electron chi connectivity index (χ4n) is 2.69. The van der Waals surface area contributed by atoms with Gasteiger partial charge in [-0.25, -0.2) is 0 Å². The smallest absolute Gasteiger partial charge is 0.196 e. The Morgan fingerprint density at radius 1 is 1.24 bits per heavy atom. The van der Waals surface area contributed by atoms with Gasteiger partial charge >= 0.3 is 0 Å². The van der Waals surface area contributed by atoms with Crippen molar-refractivity contribution < 1.29 is 4.79 Å². The van der Waals surface area contributed by atoms with Crippen LogP contribution in [0.25, 0.3) is 5.69 Å². The van der Waals surface area contributed by atoms with E-state index in [2.05, 4.69) is 35.3 Å².